The molecule has 4 nitrogen and oxygen atoms in total. The van der Waals surface area contributed by atoms with Crippen LogP contribution in [0.1, 0.15) is 18.5 Å². The third kappa shape index (κ3) is 4.35. The molecule has 1 N–H and O–H groups in total. The molecule has 1 aromatic heterocycles. The highest BCUT2D eigenvalue weighted by atomic mass is 79.9. The molecule has 108 valence electrons. The van der Waals surface area contributed by atoms with E-state index in [2.05, 4.69) is 26.2 Å². The number of hydrogen-bond acceptors (Lipinski definition) is 4. The molecule has 0 saturated heterocycles. The summed E-state index contributed by atoms with van der Waals surface area (Å²) in [6, 6.07) is 11.5. The molecule has 1 heterocycles. The van der Waals surface area contributed by atoms with Crippen LogP contribution in [0.2, 0.25) is 5.15 Å². The number of nitriles is 1. The van der Waals surface area contributed by atoms with Gasteiger partial charge in [-0.1, -0.05) is 23.7 Å². The molecular weight excluding hydrogens is 354 g/mol. The summed E-state index contributed by atoms with van der Waals surface area (Å²) in [5.41, 5.74) is 1.85. The number of ether oxygens (including phenoxy) is 1. The first-order valence-electron chi connectivity index (χ1n) is 6.27. The Bertz CT molecular complexity index is 655. The van der Waals surface area contributed by atoms with Gasteiger partial charge in [-0.3, -0.25) is 0 Å². The van der Waals surface area contributed by atoms with E-state index < -0.39 is 0 Å². The lowest BCUT2D eigenvalue weighted by atomic mass is 10.1. The number of hydrogen-bond donors (Lipinski definition) is 1. The minimum Gasteiger partial charge on any atom is -0.479 e. The summed E-state index contributed by atoms with van der Waals surface area (Å²) in [6.45, 7) is 2.08. The molecule has 2 aromatic rings. The first-order chi connectivity index (χ1) is 10.1. The quantitative estimate of drug-likeness (QED) is 0.787. The summed E-state index contributed by atoms with van der Waals surface area (Å²) >= 11 is 9.44. The predicted octanol–water partition coefficient (Wildman–Crippen LogP) is 4.57. The smallest absolute Gasteiger partial charge is 0.174 e. The molecule has 0 bridgehead atoms. The monoisotopic (exact) mass is 365 g/mol. The van der Waals surface area contributed by atoms with Crippen LogP contribution in [0.4, 0.5) is 5.69 Å². The second-order valence-corrected chi connectivity index (χ2v) is 5.65. The Hall–Kier alpha value is -1.77. The molecule has 0 aliphatic carbocycles. The lowest BCUT2D eigenvalue weighted by Gasteiger charge is -2.17. The number of pyridine rings is 1. The molecule has 6 heteroatoms. The van der Waals surface area contributed by atoms with E-state index in [4.69, 9.17) is 21.6 Å². The summed E-state index contributed by atoms with van der Waals surface area (Å²) in [7, 11) is 0. The lowest BCUT2D eigenvalue weighted by molar-refractivity contribution is 0.368. The molecule has 0 aliphatic rings. The van der Waals surface area contributed by atoms with Crippen molar-refractivity contribution in [3.8, 4) is 11.8 Å². The fourth-order valence-electron chi connectivity index (χ4n) is 1.81. The molecule has 0 aliphatic heterocycles. The minimum absolute atomic E-state index is 0.0481. The Morgan fingerprint density at radius 1 is 1.43 bits per heavy atom. The van der Waals surface area contributed by atoms with Gasteiger partial charge in [-0.05, 0) is 46.6 Å². The van der Waals surface area contributed by atoms with Gasteiger partial charge in [0.2, 0.25) is 0 Å². The Morgan fingerprint density at radius 3 is 2.81 bits per heavy atom. The molecule has 1 aromatic carbocycles. The maximum Gasteiger partial charge on any atom is 0.174 e. The van der Waals surface area contributed by atoms with E-state index in [1.807, 2.05) is 43.3 Å². The van der Waals surface area contributed by atoms with E-state index in [0.717, 1.165) is 15.7 Å². The van der Waals surface area contributed by atoms with Crippen molar-refractivity contribution in [3.05, 3.63) is 51.7 Å². The summed E-state index contributed by atoms with van der Waals surface area (Å²) < 4.78 is 6.09. The van der Waals surface area contributed by atoms with Crippen LogP contribution < -0.4 is 10.1 Å². The van der Waals surface area contributed by atoms with Crippen LogP contribution >= 0.6 is 27.5 Å². The summed E-state index contributed by atoms with van der Waals surface area (Å²) in [5.74, 6) is 0.676. The number of aromatic nitrogens is 1. The molecule has 0 spiro atoms. The fourth-order valence-corrected chi connectivity index (χ4v) is 2.30. The van der Waals surface area contributed by atoms with Gasteiger partial charge in [0.25, 0.3) is 0 Å². The van der Waals surface area contributed by atoms with Crippen molar-refractivity contribution in [3.63, 3.8) is 0 Å². The first-order valence-corrected chi connectivity index (χ1v) is 7.44. The van der Waals surface area contributed by atoms with Gasteiger partial charge in [0, 0.05) is 16.7 Å². The van der Waals surface area contributed by atoms with E-state index in [0.29, 0.717) is 10.9 Å². The molecule has 0 fully saturated rings. The Balaban J connectivity index is 2.08. The zero-order valence-electron chi connectivity index (χ0n) is 11.3. The Morgan fingerprint density at radius 2 is 2.14 bits per heavy atom. The largest absolute Gasteiger partial charge is 0.479 e. The minimum atomic E-state index is 0.0481. The van der Waals surface area contributed by atoms with E-state index in [1.165, 1.54) is 0 Å². The topological polar surface area (TPSA) is 57.9 Å². The third-order valence-electron chi connectivity index (χ3n) is 2.86. The van der Waals surface area contributed by atoms with E-state index in [-0.39, 0.29) is 12.6 Å². The second kappa shape index (κ2) is 7.30. The molecule has 21 heavy (non-hydrogen) atoms. The van der Waals surface area contributed by atoms with Crippen molar-refractivity contribution in [1.29, 1.82) is 5.26 Å². The van der Waals surface area contributed by atoms with Gasteiger partial charge in [0.15, 0.2) is 11.8 Å². The number of nitrogens with one attached hydrogen (secondary N) is 1. The molecule has 0 radical (unpaired) electrons. The highest BCUT2D eigenvalue weighted by Crippen LogP contribution is 2.27. The standard InChI is InChI=1S/C15H13BrClN3O/c1-10(20-14-8-12(16)9-19-15(14)17)11-2-4-13(5-3-11)21-7-6-18/h2-5,8-10,20H,7H2,1H3. The maximum atomic E-state index is 8.48. The lowest BCUT2D eigenvalue weighted by Crippen LogP contribution is -2.07. The van der Waals surface area contributed by atoms with Crippen molar-refractivity contribution >= 4 is 33.2 Å². The van der Waals surface area contributed by atoms with Crippen LogP contribution in [0.15, 0.2) is 41.0 Å². The predicted molar refractivity (Wildman–Crippen MR) is 86.5 cm³/mol. The SMILES string of the molecule is CC(Nc1cc(Br)cnc1Cl)c1ccc(OCC#N)cc1. The third-order valence-corrected chi connectivity index (χ3v) is 3.60. The van der Waals surface area contributed by atoms with Crippen LogP contribution in [0.25, 0.3) is 0 Å². The van der Waals surface area contributed by atoms with E-state index >= 15 is 0 Å². The summed E-state index contributed by atoms with van der Waals surface area (Å²) in [6.07, 6.45) is 1.65. The van der Waals surface area contributed by atoms with Crippen molar-refractivity contribution in [2.24, 2.45) is 0 Å². The average molecular weight is 367 g/mol. The molecule has 1 atom stereocenters. The highest BCUT2D eigenvalue weighted by Gasteiger charge is 2.09. The van der Waals surface area contributed by atoms with E-state index in [9.17, 15) is 0 Å². The van der Waals surface area contributed by atoms with Gasteiger partial charge in [-0.15, -0.1) is 0 Å². The van der Waals surface area contributed by atoms with Gasteiger partial charge in [-0.25, -0.2) is 4.98 Å². The molecule has 0 saturated carbocycles. The van der Waals surface area contributed by atoms with Crippen molar-refractivity contribution in [2.75, 3.05) is 11.9 Å². The highest BCUT2D eigenvalue weighted by molar-refractivity contribution is 9.10. The average Bonchev–Trinajstić information content (AvgIpc) is 2.49. The van der Waals surface area contributed by atoms with E-state index in [1.54, 1.807) is 6.20 Å². The Labute approximate surface area is 136 Å². The second-order valence-electron chi connectivity index (χ2n) is 4.37. The van der Waals surface area contributed by atoms with Crippen LogP contribution in [0.5, 0.6) is 5.75 Å². The molecule has 1 unspecified atom stereocenters. The van der Waals surface area contributed by atoms with Crippen molar-refractivity contribution < 1.29 is 4.74 Å². The van der Waals surface area contributed by atoms with Gasteiger partial charge < -0.3 is 10.1 Å². The summed E-state index contributed by atoms with van der Waals surface area (Å²) in [5, 5.41) is 12.2. The van der Waals surface area contributed by atoms with Crippen LogP contribution in [0.3, 0.4) is 0 Å². The van der Waals surface area contributed by atoms with Crippen LogP contribution in [0, 0.1) is 11.3 Å². The normalized spacial score (nSPS) is 11.5. The molecule has 0 amide bonds. The van der Waals surface area contributed by atoms with Crippen molar-refractivity contribution in [2.45, 2.75) is 13.0 Å². The van der Waals surface area contributed by atoms with Crippen LogP contribution in [-0.2, 0) is 0 Å². The number of rotatable bonds is 5. The number of benzene rings is 1. The molecular formula is C15H13BrClN3O. The van der Waals surface area contributed by atoms with Gasteiger partial charge in [0.1, 0.15) is 11.8 Å². The number of halogens is 2. The van der Waals surface area contributed by atoms with Crippen molar-refractivity contribution in [1.82, 2.24) is 4.98 Å². The maximum absolute atomic E-state index is 8.48. The zero-order valence-corrected chi connectivity index (χ0v) is 13.6. The number of nitrogens with zero attached hydrogens (tertiary/aromatic N) is 2. The Kier molecular flexibility index (Phi) is 5.43. The number of anilines is 1. The van der Waals surface area contributed by atoms with Gasteiger partial charge >= 0.3 is 0 Å². The summed E-state index contributed by atoms with van der Waals surface area (Å²) in [4.78, 5) is 4.08. The molecule has 2 rings (SSSR count). The first kappa shape index (κ1) is 15.6. The van der Waals surface area contributed by atoms with Gasteiger partial charge in [-0.2, -0.15) is 5.26 Å². The van der Waals surface area contributed by atoms with Gasteiger partial charge in [0.05, 0.1) is 5.69 Å². The fraction of sp³-hybridized carbons (Fsp3) is 0.200. The zero-order chi connectivity index (χ0) is 15.2. The van der Waals surface area contributed by atoms with Crippen LogP contribution in [-0.4, -0.2) is 11.6 Å².